The van der Waals surface area contributed by atoms with Crippen molar-refractivity contribution in [1.82, 2.24) is 0 Å². The third kappa shape index (κ3) is 1.77. The molecule has 1 aliphatic rings. The number of ketones is 2. The highest BCUT2D eigenvalue weighted by molar-refractivity contribution is 6.34. The predicted molar refractivity (Wildman–Crippen MR) is 55.2 cm³/mol. The van der Waals surface area contributed by atoms with Crippen LogP contribution in [-0.2, 0) is 9.59 Å². The fourth-order valence-corrected chi connectivity index (χ4v) is 1.44. The van der Waals surface area contributed by atoms with Gasteiger partial charge in [-0.15, -0.1) is 0 Å². The van der Waals surface area contributed by atoms with Gasteiger partial charge in [-0.25, -0.2) is 4.39 Å². The zero-order valence-electron chi connectivity index (χ0n) is 8.11. The Morgan fingerprint density at radius 1 is 1.12 bits per heavy atom. The van der Waals surface area contributed by atoms with E-state index in [2.05, 4.69) is 0 Å². The maximum absolute atomic E-state index is 13.0. The van der Waals surface area contributed by atoms with Crippen molar-refractivity contribution in [2.24, 2.45) is 0 Å². The lowest BCUT2D eigenvalue weighted by molar-refractivity contribution is -0.113. The van der Waals surface area contributed by atoms with Gasteiger partial charge in [0.2, 0.25) is 0 Å². The lowest BCUT2D eigenvalue weighted by Gasteiger charge is -2.08. The number of hydrogen-bond acceptors (Lipinski definition) is 3. The fraction of sp³-hybridized carbons (Fsp3) is 0. The van der Waals surface area contributed by atoms with Gasteiger partial charge < -0.3 is 5.11 Å². The number of phenols is 1. The molecule has 0 spiro atoms. The molecule has 0 radical (unpaired) electrons. The zero-order chi connectivity index (χ0) is 11.7. The molecule has 0 saturated heterocycles. The van der Waals surface area contributed by atoms with Gasteiger partial charge >= 0.3 is 0 Å². The molecule has 2 rings (SSSR count). The third-order valence-corrected chi connectivity index (χ3v) is 2.20. The molecule has 80 valence electrons. The second-order valence-electron chi connectivity index (χ2n) is 3.32. The van der Waals surface area contributed by atoms with Crippen molar-refractivity contribution in [1.29, 1.82) is 0 Å². The Labute approximate surface area is 90.5 Å². The van der Waals surface area contributed by atoms with Gasteiger partial charge in [-0.2, -0.15) is 0 Å². The fourth-order valence-electron chi connectivity index (χ4n) is 1.44. The number of hydrogen-bond donors (Lipinski definition) is 1. The number of carbonyl (C=O) groups excluding carboxylic acids is 2. The standard InChI is InChI=1S/C12H7FO3/c13-7-1-3-11(15)9(5-7)10-6-8(14)2-4-12(10)16/h1-6,15H. The van der Waals surface area contributed by atoms with Crippen molar-refractivity contribution in [3.63, 3.8) is 0 Å². The summed E-state index contributed by atoms with van der Waals surface area (Å²) in [6.07, 6.45) is 3.31. The van der Waals surface area contributed by atoms with E-state index >= 15 is 0 Å². The van der Waals surface area contributed by atoms with E-state index in [4.69, 9.17) is 0 Å². The van der Waals surface area contributed by atoms with Crippen LogP contribution < -0.4 is 0 Å². The monoisotopic (exact) mass is 218 g/mol. The number of carbonyl (C=O) groups is 2. The molecule has 0 unspecified atom stereocenters. The summed E-state index contributed by atoms with van der Waals surface area (Å²) in [4.78, 5) is 22.6. The molecule has 3 nitrogen and oxygen atoms in total. The van der Waals surface area contributed by atoms with Crippen molar-refractivity contribution in [2.45, 2.75) is 0 Å². The molecule has 1 N–H and O–H groups in total. The first-order valence-corrected chi connectivity index (χ1v) is 4.55. The molecule has 0 amide bonds. The molecular formula is C12H7FO3. The lowest BCUT2D eigenvalue weighted by atomic mass is 9.95. The molecule has 0 saturated carbocycles. The molecule has 1 aliphatic carbocycles. The summed E-state index contributed by atoms with van der Waals surface area (Å²) in [5.41, 5.74) is 0.0344. The Balaban J connectivity index is 2.56. The molecule has 0 aromatic heterocycles. The molecule has 1 aromatic rings. The Hall–Kier alpha value is -2.23. The molecule has 0 fully saturated rings. The first-order chi connectivity index (χ1) is 7.58. The maximum Gasteiger partial charge on any atom is 0.186 e. The summed E-state index contributed by atoms with van der Waals surface area (Å²) >= 11 is 0. The van der Waals surface area contributed by atoms with E-state index in [0.717, 1.165) is 36.4 Å². The Kier molecular flexibility index (Phi) is 2.40. The Bertz CT molecular complexity index is 541. The van der Waals surface area contributed by atoms with E-state index in [1.807, 2.05) is 0 Å². The van der Waals surface area contributed by atoms with E-state index in [1.165, 1.54) is 0 Å². The normalized spacial score (nSPS) is 15.2. The molecule has 16 heavy (non-hydrogen) atoms. The Morgan fingerprint density at radius 2 is 1.88 bits per heavy atom. The van der Waals surface area contributed by atoms with E-state index in [-0.39, 0.29) is 22.7 Å². The highest BCUT2D eigenvalue weighted by atomic mass is 19.1. The van der Waals surface area contributed by atoms with Crippen LogP contribution in [-0.4, -0.2) is 16.7 Å². The average Bonchev–Trinajstić information content (AvgIpc) is 2.25. The first kappa shape index (κ1) is 10.3. The largest absolute Gasteiger partial charge is 0.507 e. The number of phenolic OH excluding ortho intramolecular Hbond substituents is 1. The van der Waals surface area contributed by atoms with Crippen molar-refractivity contribution in [3.8, 4) is 5.75 Å². The molecule has 4 heteroatoms. The molecule has 0 heterocycles. The van der Waals surface area contributed by atoms with Crippen LogP contribution in [0.3, 0.4) is 0 Å². The topological polar surface area (TPSA) is 54.4 Å². The molecular weight excluding hydrogens is 211 g/mol. The Morgan fingerprint density at radius 3 is 2.62 bits per heavy atom. The minimum Gasteiger partial charge on any atom is -0.507 e. The van der Waals surface area contributed by atoms with Gasteiger partial charge in [0.25, 0.3) is 0 Å². The average molecular weight is 218 g/mol. The van der Waals surface area contributed by atoms with Crippen LogP contribution in [0, 0.1) is 5.82 Å². The van der Waals surface area contributed by atoms with Gasteiger partial charge in [0.15, 0.2) is 11.6 Å². The number of rotatable bonds is 1. The second-order valence-corrected chi connectivity index (χ2v) is 3.32. The van der Waals surface area contributed by atoms with Crippen molar-refractivity contribution >= 4 is 17.1 Å². The van der Waals surface area contributed by atoms with Crippen LogP contribution in [0.15, 0.2) is 36.4 Å². The van der Waals surface area contributed by atoms with E-state index < -0.39 is 11.6 Å². The smallest absolute Gasteiger partial charge is 0.186 e. The quantitative estimate of drug-likeness (QED) is 0.729. The summed E-state index contributed by atoms with van der Waals surface area (Å²) in [5, 5.41) is 9.50. The molecule has 0 aliphatic heterocycles. The molecule has 0 bridgehead atoms. The predicted octanol–water partition coefficient (Wildman–Crippen LogP) is 1.62. The maximum atomic E-state index is 13.0. The minimum atomic E-state index is -0.580. The number of aromatic hydroxyl groups is 1. The second kappa shape index (κ2) is 3.73. The van der Waals surface area contributed by atoms with Crippen molar-refractivity contribution in [3.05, 3.63) is 47.8 Å². The third-order valence-electron chi connectivity index (χ3n) is 2.20. The van der Waals surface area contributed by atoms with Gasteiger partial charge in [0.1, 0.15) is 11.6 Å². The van der Waals surface area contributed by atoms with E-state index in [9.17, 15) is 19.1 Å². The first-order valence-electron chi connectivity index (χ1n) is 4.55. The van der Waals surface area contributed by atoms with Crippen LogP contribution in [0.5, 0.6) is 5.75 Å². The highest BCUT2D eigenvalue weighted by Crippen LogP contribution is 2.28. The van der Waals surface area contributed by atoms with Gasteiger partial charge in [-0.3, -0.25) is 9.59 Å². The molecule has 1 aromatic carbocycles. The van der Waals surface area contributed by atoms with Gasteiger partial charge in [0, 0.05) is 11.1 Å². The van der Waals surface area contributed by atoms with Crippen LogP contribution in [0.2, 0.25) is 0 Å². The zero-order valence-corrected chi connectivity index (χ0v) is 8.11. The summed E-state index contributed by atoms with van der Waals surface area (Å²) in [6.45, 7) is 0. The van der Waals surface area contributed by atoms with Crippen LogP contribution in [0.25, 0.3) is 5.57 Å². The summed E-state index contributed by atoms with van der Waals surface area (Å²) in [7, 11) is 0. The van der Waals surface area contributed by atoms with E-state index in [0.29, 0.717) is 0 Å². The van der Waals surface area contributed by atoms with Crippen LogP contribution in [0.1, 0.15) is 5.56 Å². The number of allylic oxidation sites excluding steroid dienone is 4. The summed E-state index contributed by atoms with van der Waals surface area (Å²) in [6, 6.07) is 3.23. The molecule has 0 atom stereocenters. The minimum absolute atomic E-state index is 0.00417. The highest BCUT2D eigenvalue weighted by Gasteiger charge is 2.18. The van der Waals surface area contributed by atoms with Gasteiger partial charge in [0.05, 0.1) is 0 Å². The summed E-state index contributed by atoms with van der Waals surface area (Å²) < 4.78 is 13.0. The lowest BCUT2D eigenvalue weighted by Crippen LogP contribution is -2.07. The SMILES string of the molecule is O=C1C=CC(=O)C(c2cc(F)ccc2O)=C1. The van der Waals surface area contributed by atoms with Gasteiger partial charge in [-0.1, -0.05) is 0 Å². The van der Waals surface area contributed by atoms with Gasteiger partial charge in [-0.05, 0) is 36.4 Å². The number of benzene rings is 1. The van der Waals surface area contributed by atoms with Crippen molar-refractivity contribution in [2.75, 3.05) is 0 Å². The van der Waals surface area contributed by atoms with Crippen LogP contribution >= 0.6 is 0 Å². The number of halogens is 1. The van der Waals surface area contributed by atoms with E-state index in [1.54, 1.807) is 0 Å². The van der Waals surface area contributed by atoms with Crippen LogP contribution in [0.4, 0.5) is 4.39 Å². The summed E-state index contributed by atoms with van der Waals surface area (Å²) in [5.74, 6) is -1.61. The van der Waals surface area contributed by atoms with Crippen molar-refractivity contribution < 1.29 is 19.1 Å².